The Bertz CT molecular complexity index is 95.7. The highest BCUT2D eigenvalue weighted by Gasteiger charge is 2.21. The molecule has 0 aliphatic carbocycles. The first-order chi connectivity index (χ1) is 4.83. The van der Waals surface area contributed by atoms with Crippen LogP contribution >= 0.6 is 0 Å². The Balaban J connectivity index is 1.83. The van der Waals surface area contributed by atoms with E-state index in [1.54, 1.807) is 0 Å². The van der Waals surface area contributed by atoms with Crippen molar-refractivity contribution < 1.29 is 9.84 Å². The zero-order valence-corrected chi connectivity index (χ0v) is 5.92. The number of ether oxygens (including phenoxy) is 1. The number of nitrogens with two attached hydrogens (primary N) is 1. The van der Waals surface area contributed by atoms with Crippen LogP contribution in [0.25, 0.3) is 0 Å². The van der Waals surface area contributed by atoms with Gasteiger partial charge in [0, 0.05) is 19.6 Å². The highest BCUT2D eigenvalue weighted by atomic mass is 16.6. The number of hydrogen-bond donors (Lipinski definition) is 3. The van der Waals surface area contributed by atoms with Gasteiger partial charge < -0.3 is 20.9 Å². The Morgan fingerprint density at radius 3 is 3.00 bits per heavy atom. The summed E-state index contributed by atoms with van der Waals surface area (Å²) in [6.45, 7) is 2.57. The molecular formula is C6H14N2O2. The van der Waals surface area contributed by atoms with E-state index >= 15 is 0 Å². The Labute approximate surface area is 60.4 Å². The van der Waals surface area contributed by atoms with Crippen LogP contribution in [0.3, 0.4) is 0 Å². The molecule has 1 saturated heterocycles. The minimum atomic E-state index is -0.418. The highest BCUT2D eigenvalue weighted by Crippen LogP contribution is 2.05. The zero-order chi connectivity index (χ0) is 7.40. The fourth-order valence-corrected chi connectivity index (χ4v) is 0.680. The third-order valence-corrected chi connectivity index (χ3v) is 1.43. The van der Waals surface area contributed by atoms with Gasteiger partial charge in [-0.2, -0.15) is 0 Å². The van der Waals surface area contributed by atoms with E-state index in [-0.39, 0.29) is 0 Å². The van der Waals surface area contributed by atoms with E-state index < -0.39 is 6.10 Å². The van der Waals surface area contributed by atoms with Crippen LogP contribution in [0.5, 0.6) is 0 Å². The molecule has 4 heteroatoms. The van der Waals surface area contributed by atoms with Crippen molar-refractivity contribution in [2.24, 2.45) is 5.73 Å². The van der Waals surface area contributed by atoms with E-state index in [0.29, 0.717) is 19.2 Å². The van der Waals surface area contributed by atoms with Crippen molar-refractivity contribution in [1.82, 2.24) is 5.32 Å². The lowest BCUT2D eigenvalue weighted by molar-refractivity contribution is 0.178. The molecule has 1 heterocycles. The molecule has 1 fully saturated rings. The molecule has 1 rings (SSSR count). The standard InChI is InChI=1S/C6H14N2O2/c7-1-5(9)2-8-3-6-4-10-6/h5-6,8-9H,1-4,7H2. The van der Waals surface area contributed by atoms with Gasteiger partial charge in [0.2, 0.25) is 0 Å². The summed E-state index contributed by atoms with van der Waals surface area (Å²) in [6.07, 6.45) is -0.0382. The van der Waals surface area contributed by atoms with Gasteiger partial charge in [0.15, 0.2) is 0 Å². The fourth-order valence-electron chi connectivity index (χ4n) is 0.680. The maximum atomic E-state index is 8.96. The Hall–Kier alpha value is -0.160. The minimum Gasteiger partial charge on any atom is -0.390 e. The number of epoxide rings is 1. The molecule has 1 aliphatic rings. The summed E-state index contributed by atoms with van der Waals surface area (Å²) in [5.74, 6) is 0. The van der Waals surface area contributed by atoms with Gasteiger partial charge in [0.1, 0.15) is 0 Å². The molecule has 60 valence electrons. The summed E-state index contributed by atoms with van der Waals surface area (Å²) in [4.78, 5) is 0. The van der Waals surface area contributed by atoms with E-state index in [1.165, 1.54) is 0 Å². The summed E-state index contributed by atoms with van der Waals surface area (Å²) < 4.78 is 4.95. The van der Waals surface area contributed by atoms with E-state index in [0.717, 1.165) is 13.2 Å². The van der Waals surface area contributed by atoms with Crippen molar-refractivity contribution in [3.63, 3.8) is 0 Å². The van der Waals surface area contributed by atoms with Crippen molar-refractivity contribution in [2.75, 3.05) is 26.2 Å². The molecule has 0 spiro atoms. The quantitative estimate of drug-likeness (QED) is 0.404. The molecule has 0 aromatic carbocycles. The Morgan fingerprint density at radius 2 is 2.50 bits per heavy atom. The number of hydrogen-bond acceptors (Lipinski definition) is 4. The van der Waals surface area contributed by atoms with Gasteiger partial charge >= 0.3 is 0 Å². The van der Waals surface area contributed by atoms with Crippen molar-refractivity contribution in [2.45, 2.75) is 12.2 Å². The molecule has 1 aliphatic heterocycles. The third-order valence-electron chi connectivity index (χ3n) is 1.43. The largest absolute Gasteiger partial charge is 0.390 e. The third kappa shape index (κ3) is 3.12. The van der Waals surface area contributed by atoms with Gasteiger partial charge in [-0.05, 0) is 0 Å². The van der Waals surface area contributed by atoms with E-state index in [1.807, 2.05) is 0 Å². The maximum absolute atomic E-state index is 8.96. The van der Waals surface area contributed by atoms with Gasteiger partial charge in [0.25, 0.3) is 0 Å². The first-order valence-electron chi connectivity index (χ1n) is 3.53. The van der Waals surface area contributed by atoms with Gasteiger partial charge in [-0.15, -0.1) is 0 Å². The molecule has 0 saturated carbocycles. The molecule has 0 aromatic rings. The van der Waals surface area contributed by atoms with Gasteiger partial charge in [-0.1, -0.05) is 0 Å². The van der Waals surface area contributed by atoms with Crippen LogP contribution in [0.2, 0.25) is 0 Å². The Kier molecular flexibility index (Phi) is 3.08. The van der Waals surface area contributed by atoms with Gasteiger partial charge in [-0.25, -0.2) is 0 Å². The Morgan fingerprint density at radius 1 is 1.80 bits per heavy atom. The minimum absolute atomic E-state index is 0.318. The average Bonchev–Trinajstić information content (AvgIpc) is 2.71. The van der Waals surface area contributed by atoms with Crippen molar-refractivity contribution in [1.29, 1.82) is 0 Å². The summed E-state index contributed by atoms with van der Waals surface area (Å²) in [5.41, 5.74) is 5.18. The summed E-state index contributed by atoms with van der Waals surface area (Å²) in [7, 11) is 0. The van der Waals surface area contributed by atoms with Gasteiger partial charge in [-0.3, -0.25) is 0 Å². The average molecular weight is 146 g/mol. The molecule has 10 heavy (non-hydrogen) atoms. The lowest BCUT2D eigenvalue weighted by Gasteiger charge is -2.06. The zero-order valence-electron chi connectivity index (χ0n) is 5.92. The second-order valence-electron chi connectivity index (χ2n) is 2.50. The predicted molar refractivity (Wildman–Crippen MR) is 37.7 cm³/mol. The summed E-state index contributed by atoms with van der Waals surface area (Å²) >= 11 is 0. The lowest BCUT2D eigenvalue weighted by Crippen LogP contribution is -2.34. The monoisotopic (exact) mass is 146 g/mol. The van der Waals surface area contributed by atoms with Crippen LogP contribution < -0.4 is 11.1 Å². The second-order valence-corrected chi connectivity index (χ2v) is 2.50. The molecular weight excluding hydrogens is 132 g/mol. The summed E-state index contributed by atoms with van der Waals surface area (Å²) in [5, 5.41) is 12.0. The first kappa shape index (κ1) is 7.94. The van der Waals surface area contributed by atoms with E-state index in [9.17, 15) is 0 Å². The molecule has 2 atom stereocenters. The topological polar surface area (TPSA) is 70.8 Å². The van der Waals surface area contributed by atoms with Crippen LogP contribution in [0, 0.1) is 0 Å². The van der Waals surface area contributed by atoms with E-state index in [2.05, 4.69) is 5.32 Å². The normalized spacial score (nSPS) is 26.4. The molecule has 0 radical (unpaired) electrons. The van der Waals surface area contributed by atoms with E-state index in [4.69, 9.17) is 15.6 Å². The fraction of sp³-hybridized carbons (Fsp3) is 1.00. The van der Waals surface area contributed by atoms with Gasteiger partial charge in [0.05, 0.1) is 18.8 Å². The molecule has 2 unspecified atom stereocenters. The molecule has 0 bridgehead atoms. The van der Waals surface area contributed by atoms with Crippen molar-refractivity contribution in [3.8, 4) is 0 Å². The number of nitrogens with one attached hydrogen (secondary N) is 1. The number of rotatable bonds is 5. The molecule has 4 nitrogen and oxygen atoms in total. The predicted octanol–water partition coefficient (Wildman–Crippen LogP) is -1.71. The second kappa shape index (κ2) is 3.88. The van der Waals surface area contributed by atoms with Crippen LogP contribution in [0.1, 0.15) is 0 Å². The van der Waals surface area contributed by atoms with Crippen LogP contribution in [-0.4, -0.2) is 43.6 Å². The smallest absolute Gasteiger partial charge is 0.0933 e. The van der Waals surface area contributed by atoms with Crippen molar-refractivity contribution in [3.05, 3.63) is 0 Å². The molecule has 4 N–H and O–H groups in total. The van der Waals surface area contributed by atoms with Crippen LogP contribution in [0.4, 0.5) is 0 Å². The number of aliphatic hydroxyl groups excluding tert-OH is 1. The molecule has 0 aromatic heterocycles. The van der Waals surface area contributed by atoms with Crippen LogP contribution in [0.15, 0.2) is 0 Å². The summed E-state index contributed by atoms with van der Waals surface area (Å²) in [6, 6.07) is 0. The lowest BCUT2D eigenvalue weighted by atomic mass is 10.3. The van der Waals surface area contributed by atoms with Crippen LogP contribution in [-0.2, 0) is 4.74 Å². The maximum Gasteiger partial charge on any atom is 0.0933 e. The van der Waals surface area contributed by atoms with Crippen molar-refractivity contribution >= 4 is 0 Å². The highest BCUT2D eigenvalue weighted by molar-refractivity contribution is 4.72. The first-order valence-corrected chi connectivity index (χ1v) is 3.53. The SMILES string of the molecule is NCC(O)CNCC1CO1. The number of aliphatic hydroxyl groups is 1. The molecule has 0 amide bonds.